The van der Waals surface area contributed by atoms with Gasteiger partial charge in [-0.1, -0.05) is 30.3 Å². The van der Waals surface area contributed by atoms with Gasteiger partial charge in [0.15, 0.2) is 0 Å². The summed E-state index contributed by atoms with van der Waals surface area (Å²) in [5, 5.41) is 2.63. The zero-order valence-corrected chi connectivity index (χ0v) is 18.8. The summed E-state index contributed by atoms with van der Waals surface area (Å²) < 4.78 is 15.5. The number of rotatable bonds is 7. The van der Waals surface area contributed by atoms with Crippen molar-refractivity contribution in [1.29, 1.82) is 0 Å². The lowest BCUT2D eigenvalue weighted by atomic mass is 10.1. The summed E-state index contributed by atoms with van der Waals surface area (Å²) in [6.45, 7) is 8.28. The second kappa shape index (κ2) is 11.5. The van der Waals surface area contributed by atoms with Crippen LogP contribution in [0.15, 0.2) is 30.3 Å². The molecule has 1 fully saturated rings. The maximum absolute atomic E-state index is 12.3. The topological polar surface area (TPSA) is 97.4 Å². The van der Waals surface area contributed by atoms with Crippen molar-refractivity contribution in [3.05, 3.63) is 35.9 Å². The minimum Gasteiger partial charge on any atom is -0.469 e. The summed E-state index contributed by atoms with van der Waals surface area (Å²) in [5.74, 6) is -0.935. The maximum Gasteiger partial charge on any atom is 0.410 e. The molecule has 0 aromatic heterocycles. The van der Waals surface area contributed by atoms with Gasteiger partial charge in [0.1, 0.15) is 12.2 Å². The van der Waals surface area contributed by atoms with Gasteiger partial charge in [0, 0.05) is 39.3 Å². The number of hydrogen-bond acceptors (Lipinski definition) is 7. The largest absolute Gasteiger partial charge is 0.469 e. The second-order valence-electron chi connectivity index (χ2n) is 8.43. The maximum atomic E-state index is 12.3. The van der Waals surface area contributed by atoms with Crippen LogP contribution >= 0.6 is 0 Å². The molecular formula is C22H33N3O6. The molecule has 0 aliphatic carbocycles. The van der Waals surface area contributed by atoms with Gasteiger partial charge >= 0.3 is 18.2 Å². The Morgan fingerprint density at radius 3 is 2.29 bits per heavy atom. The van der Waals surface area contributed by atoms with Crippen molar-refractivity contribution in [3.8, 4) is 0 Å². The lowest BCUT2D eigenvalue weighted by Gasteiger charge is -2.35. The Balaban J connectivity index is 1.77. The average molecular weight is 436 g/mol. The Hall–Kier alpha value is -2.81. The van der Waals surface area contributed by atoms with E-state index in [-0.39, 0.29) is 19.2 Å². The second-order valence-corrected chi connectivity index (χ2v) is 8.43. The number of benzene rings is 1. The fraction of sp³-hybridized carbons (Fsp3) is 0.591. The van der Waals surface area contributed by atoms with Gasteiger partial charge < -0.3 is 24.4 Å². The molecule has 1 N–H and O–H groups in total. The summed E-state index contributed by atoms with van der Waals surface area (Å²) in [5.41, 5.74) is 0.323. The van der Waals surface area contributed by atoms with Crippen molar-refractivity contribution in [2.75, 3.05) is 46.4 Å². The van der Waals surface area contributed by atoms with Crippen LogP contribution in [0.25, 0.3) is 0 Å². The van der Waals surface area contributed by atoms with Crippen molar-refractivity contribution in [2.24, 2.45) is 5.92 Å². The number of esters is 1. The number of hydrogen-bond donors (Lipinski definition) is 1. The van der Waals surface area contributed by atoms with Crippen molar-refractivity contribution < 1.29 is 28.6 Å². The third-order valence-electron chi connectivity index (χ3n) is 4.74. The summed E-state index contributed by atoms with van der Waals surface area (Å²) in [7, 11) is 1.32. The van der Waals surface area contributed by atoms with Crippen LogP contribution in [0.5, 0.6) is 0 Å². The summed E-state index contributed by atoms with van der Waals surface area (Å²) in [6, 6.07) is 9.52. The molecule has 0 spiro atoms. The Bertz CT molecular complexity index is 727. The first-order valence-electron chi connectivity index (χ1n) is 10.4. The predicted octanol–water partition coefficient (Wildman–Crippen LogP) is 2.25. The first kappa shape index (κ1) is 24.5. The zero-order valence-electron chi connectivity index (χ0n) is 18.8. The van der Waals surface area contributed by atoms with Gasteiger partial charge in [0.05, 0.1) is 13.0 Å². The van der Waals surface area contributed by atoms with E-state index < -0.39 is 23.6 Å². The van der Waals surface area contributed by atoms with Crippen LogP contribution in [0.3, 0.4) is 0 Å². The summed E-state index contributed by atoms with van der Waals surface area (Å²) >= 11 is 0. The number of carbonyl (C=O) groups excluding carboxylic acids is 3. The smallest absolute Gasteiger partial charge is 0.410 e. The quantitative estimate of drug-likeness (QED) is 0.518. The van der Waals surface area contributed by atoms with E-state index in [0.29, 0.717) is 32.7 Å². The molecule has 0 saturated carbocycles. The van der Waals surface area contributed by atoms with E-state index in [1.54, 1.807) is 25.7 Å². The van der Waals surface area contributed by atoms with E-state index in [1.807, 2.05) is 30.3 Å². The number of piperazine rings is 1. The molecule has 1 atom stereocenters. The number of alkyl carbamates (subject to hydrolysis) is 1. The third kappa shape index (κ3) is 8.84. The normalized spacial score (nSPS) is 15.7. The highest BCUT2D eigenvalue weighted by atomic mass is 16.6. The van der Waals surface area contributed by atoms with E-state index in [4.69, 9.17) is 14.2 Å². The zero-order chi connectivity index (χ0) is 22.9. The number of carbonyl (C=O) groups is 3. The molecule has 2 rings (SSSR count). The molecule has 9 heteroatoms. The van der Waals surface area contributed by atoms with E-state index in [2.05, 4.69) is 10.2 Å². The molecule has 1 saturated heterocycles. The van der Waals surface area contributed by atoms with Crippen LogP contribution in [0.4, 0.5) is 9.59 Å². The molecule has 2 amide bonds. The van der Waals surface area contributed by atoms with Crippen LogP contribution in [0.2, 0.25) is 0 Å². The molecule has 172 valence electrons. The van der Waals surface area contributed by atoms with Crippen molar-refractivity contribution >= 4 is 18.2 Å². The highest BCUT2D eigenvalue weighted by Gasteiger charge is 2.28. The molecule has 9 nitrogen and oxygen atoms in total. The van der Waals surface area contributed by atoms with Crippen molar-refractivity contribution in [2.45, 2.75) is 33.0 Å². The Kier molecular flexibility index (Phi) is 9.11. The SMILES string of the molecule is COC(=O)C(CNC(=O)OC(C)(C)C)CN1CCN(C(=O)OCc2ccccc2)CC1. The van der Waals surface area contributed by atoms with Crippen LogP contribution < -0.4 is 5.32 Å². The van der Waals surface area contributed by atoms with Gasteiger partial charge in [-0.15, -0.1) is 0 Å². The van der Waals surface area contributed by atoms with E-state index in [0.717, 1.165) is 5.56 Å². The molecule has 31 heavy (non-hydrogen) atoms. The average Bonchev–Trinajstić information content (AvgIpc) is 2.74. The van der Waals surface area contributed by atoms with Crippen LogP contribution in [0.1, 0.15) is 26.3 Å². The van der Waals surface area contributed by atoms with Gasteiger partial charge in [-0.25, -0.2) is 9.59 Å². The molecule has 1 unspecified atom stereocenters. The summed E-state index contributed by atoms with van der Waals surface area (Å²) in [4.78, 5) is 40.1. The molecule has 0 radical (unpaired) electrons. The standard InChI is InChI=1S/C22H33N3O6/c1-22(2,3)31-20(27)23-14-18(19(26)29-4)15-24-10-12-25(13-11-24)21(28)30-16-17-8-6-5-7-9-17/h5-9,18H,10-16H2,1-4H3,(H,23,27). The minimum absolute atomic E-state index is 0.112. The Labute approximate surface area is 183 Å². The predicted molar refractivity (Wildman–Crippen MR) is 114 cm³/mol. The molecular weight excluding hydrogens is 402 g/mol. The van der Waals surface area contributed by atoms with Crippen LogP contribution in [-0.4, -0.2) is 79.9 Å². The van der Waals surface area contributed by atoms with Gasteiger partial charge in [-0.05, 0) is 26.3 Å². The molecule has 1 aromatic carbocycles. The van der Waals surface area contributed by atoms with Crippen LogP contribution in [0, 0.1) is 5.92 Å². The van der Waals surface area contributed by atoms with Crippen molar-refractivity contribution in [1.82, 2.24) is 15.1 Å². The first-order valence-corrected chi connectivity index (χ1v) is 10.4. The van der Waals surface area contributed by atoms with Crippen molar-refractivity contribution in [3.63, 3.8) is 0 Å². The fourth-order valence-electron chi connectivity index (χ4n) is 3.15. The molecule has 1 aliphatic heterocycles. The molecule has 0 bridgehead atoms. The number of ether oxygens (including phenoxy) is 3. The highest BCUT2D eigenvalue weighted by molar-refractivity contribution is 5.74. The number of methoxy groups -OCH3 is 1. The number of nitrogens with one attached hydrogen (secondary N) is 1. The van der Waals surface area contributed by atoms with E-state index >= 15 is 0 Å². The first-order chi connectivity index (χ1) is 14.7. The van der Waals surface area contributed by atoms with Gasteiger partial charge in [0.2, 0.25) is 0 Å². The van der Waals surface area contributed by atoms with Gasteiger partial charge in [-0.2, -0.15) is 0 Å². The minimum atomic E-state index is -0.615. The van der Waals surface area contributed by atoms with Gasteiger partial charge in [0.25, 0.3) is 0 Å². The molecule has 1 aromatic rings. The van der Waals surface area contributed by atoms with Gasteiger partial charge in [-0.3, -0.25) is 9.69 Å². The Morgan fingerprint density at radius 2 is 1.71 bits per heavy atom. The number of amides is 2. The lowest BCUT2D eigenvalue weighted by Crippen LogP contribution is -2.51. The van der Waals surface area contributed by atoms with Crippen LogP contribution in [-0.2, 0) is 25.6 Å². The fourth-order valence-corrected chi connectivity index (χ4v) is 3.15. The lowest BCUT2D eigenvalue weighted by molar-refractivity contribution is -0.146. The highest BCUT2D eigenvalue weighted by Crippen LogP contribution is 2.11. The third-order valence-corrected chi connectivity index (χ3v) is 4.74. The van der Waals surface area contributed by atoms with E-state index in [9.17, 15) is 14.4 Å². The number of nitrogens with zero attached hydrogens (tertiary/aromatic N) is 2. The monoisotopic (exact) mass is 435 g/mol. The summed E-state index contributed by atoms with van der Waals surface area (Å²) in [6.07, 6.45) is -0.924. The van der Waals surface area contributed by atoms with E-state index in [1.165, 1.54) is 7.11 Å². The Morgan fingerprint density at radius 1 is 1.06 bits per heavy atom. The molecule has 1 heterocycles. The molecule has 1 aliphatic rings.